The van der Waals surface area contributed by atoms with E-state index in [2.05, 4.69) is 15.5 Å². The van der Waals surface area contributed by atoms with E-state index in [0.717, 1.165) is 6.42 Å². The molecule has 1 aromatic heterocycles. The maximum atomic E-state index is 13.0. The van der Waals surface area contributed by atoms with Crippen molar-refractivity contribution < 1.29 is 13.9 Å². The minimum absolute atomic E-state index is 0.104. The number of carbonyl (C=O) groups excluding carboxylic acids is 1. The van der Waals surface area contributed by atoms with E-state index < -0.39 is 0 Å². The lowest BCUT2D eigenvalue weighted by Crippen LogP contribution is -2.32. The van der Waals surface area contributed by atoms with Gasteiger partial charge < -0.3 is 15.9 Å². The quantitative estimate of drug-likeness (QED) is 0.399. The number of nitrogens with one attached hydrogen (secondary N) is 1. The second-order valence-corrected chi connectivity index (χ2v) is 6.59. The Bertz CT molecular complexity index is 692. The molecule has 0 aliphatic carbocycles. The smallest absolute Gasteiger partial charge is 0.233 e. The topological polar surface area (TPSA) is 95.1 Å². The second-order valence-electron chi connectivity index (χ2n) is 5.28. The van der Waals surface area contributed by atoms with Crippen LogP contribution in [0.25, 0.3) is 11.4 Å². The first kappa shape index (κ1) is 19.2. The number of ether oxygens (including phenoxy) is 1. The lowest BCUT2D eigenvalue weighted by atomic mass is 10.2. The molecule has 0 bridgehead atoms. The summed E-state index contributed by atoms with van der Waals surface area (Å²) in [6.45, 7) is 5.55. The fourth-order valence-electron chi connectivity index (χ4n) is 2.04. The molecule has 0 saturated carbocycles. The maximum absolute atomic E-state index is 13.0. The molecule has 1 aromatic carbocycles. The molecular formula is C16H22FN5O2S. The molecule has 0 aliphatic heterocycles. The monoisotopic (exact) mass is 367 g/mol. The third-order valence-electron chi connectivity index (χ3n) is 3.39. The Balaban J connectivity index is 1.92. The van der Waals surface area contributed by atoms with Crippen molar-refractivity contribution in [1.29, 1.82) is 0 Å². The van der Waals surface area contributed by atoms with Gasteiger partial charge >= 0.3 is 0 Å². The summed E-state index contributed by atoms with van der Waals surface area (Å²) in [4.78, 5) is 12.1. The van der Waals surface area contributed by atoms with E-state index in [9.17, 15) is 9.18 Å². The van der Waals surface area contributed by atoms with Crippen molar-refractivity contribution in [1.82, 2.24) is 20.2 Å². The Morgan fingerprint density at radius 2 is 2.12 bits per heavy atom. The standard InChI is InChI=1S/C16H22FN5O2S/c1-3-24-10-4-9-19-15(23)11(2)25-16-21-20-14(22(16)18)12-5-7-13(17)8-6-12/h5-8,11H,3-4,9-10,18H2,1-2H3,(H,19,23). The summed E-state index contributed by atoms with van der Waals surface area (Å²) in [7, 11) is 0. The number of hydrogen-bond acceptors (Lipinski definition) is 6. The van der Waals surface area contributed by atoms with E-state index in [1.807, 2.05) is 6.92 Å². The van der Waals surface area contributed by atoms with E-state index in [1.165, 1.54) is 28.6 Å². The van der Waals surface area contributed by atoms with Gasteiger partial charge in [0.15, 0.2) is 5.82 Å². The van der Waals surface area contributed by atoms with Crippen molar-refractivity contribution in [3.8, 4) is 11.4 Å². The van der Waals surface area contributed by atoms with Crippen molar-refractivity contribution in [2.75, 3.05) is 25.6 Å². The molecule has 0 radical (unpaired) electrons. The Morgan fingerprint density at radius 3 is 2.80 bits per heavy atom. The van der Waals surface area contributed by atoms with Crippen LogP contribution in [0.2, 0.25) is 0 Å². The highest BCUT2D eigenvalue weighted by Crippen LogP contribution is 2.24. The number of carbonyl (C=O) groups is 1. The first-order chi connectivity index (χ1) is 12.0. The highest BCUT2D eigenvalue weighted by molar-refractivity contribution is 8.00. The van der Waals surface area contributed by atoms with Gasteiger partial charge in [-0.05, 0) is 44.5 Å². The number of nitrogens with zero attached hydrogens (tertiary/aromatic N) is 3. The molecule has 0 saturated heterocycles. The zero-order valence-corrected chi connectivity index (χ0v) is 15.1. The van der Waals surface area contributed by atoms with Crippen LogP contribution >= 0.6 is 11.8 Å². The fraction of sp³-hybridized carbons (Fsp3) is 0.438. The molecule has 1 amide bonds. The number of amides is 1. The molecule has 9 heteroatoms. The van der Waals surface area contributed by atoms with Gasteiger partial charge in [0.2, 0.25) is 11.1 Å². The Hall–Kier alpha value is -2.13. The van der Waals surface area contributed by atoms with E-state index >= 15 is 0 Å². The first-order valence-electron chi connectivity index (χ1n) is 8.01. The van der Waals surface area contributed by atoms with Crippen LogP contribution in [0, 0.1) is 5.82 Å². The van der Waals surface area contributed by atoms with Crippen molar-refractivity contribution in [3.63, 3.8) is 0 Å². The van der Waals surface area contributed by atoms with Crippen molar-refractivity contribution in [3.05, 3.63) is 30.1 Å². The number of hydrogen-bond donors (Lipinski definition) is 2. The highest BCUT2D eigenvalue weighted by Gasteiger charge is 2.19. The van der Waals surface area contributed by atoms with Crippen LogP contribution in [0.3, 0.4) is 0 Å². The molecule has 136 valence electrons. The van der Waals surface area contributed by atoms with Gasteiger partial charge in [-0.2, -0.15) is 0 Å². The van der Waals surface area contributed by atoms with Crippen molar-refractivity contribution in [2.24, 2.45) is 0 Å². The minimum atomic E-state index is -0.375. The molecule has 1 atom stereocenters. The normalized spacial score (nSPS) is 12.1. The molecule has 3 N–H and O–H groups in total. The predicted molar refractivity (Wildman–Crippen MR) is 95.0 cm³/mol. The molecule has 25 heavy (non-hydrogen) atoms. The summed E-state index contributed by atoms with van der Waals surface area (Å²) in [5, 5.41) is 10.9. The third-order valence-corrected chi connectivity index (χ3v) is 4.44. The summed E-state index contributed by atoms with van der Waals surface area (Å²) >= 11 is 1.21. The van der Waals surface area contributed by atoms with Crippen LogP contribution in [0.5, 0.6) is 0 Å². The first-order valence-corrected chi connectivity index (χ1v) is 8.89. The second kappa shape index (κ2) is 9.38. The SMILES string of the molecule is CCOCCCNC(=O)C(C)Sc1nnc(-c2ccc(F)cc2)n1N. The molecule has 7 nitrogen and oxygen atoms in total. The number of nitrogens with two attached hydrogens (primary N) is 1. The van der Waals surface area contributed by atoms with Gasteiger partial charge in [-0.25, -0.2) is 9.07 Å². The summed E-state index contributed by atoms with van der Waals surface area (Å²) < 4.78 is 19.5. The van der Waals surface area contributed by atoms with Crippen LogP contribution in [0.15, 0.2) is 29.4 Å². The lowest BCUT2D eigenvalue weighted by Gasteiger charge is -2.11. The predicted octanol–water partition coefficient (Wildman–Crippen LogP) is 1.82. The number of benzene rings is 1. The van der Waals surface area contributed by atoms with E-state index in [0.29, 0.717) is 36.3 Å². The molecule has 1 heterocycles. The molecule has 2 rings (SSSR count). The summed E-state index contributed by atoms with van der Waals surface area (Å²) in [5.41, 5.74) is 0.649. The highest BCUT2D eigenvalue weighted by atomic mass is 32.2. The summed E-state index contributed by atoms with van der Waals surface area (Å²) in [5.74, 6) is 5.97. The average molecular weight is 367 g/mol. The number of aromatic nitrogens is 3. The summed E-state index contributed by atoms with van der Waals surface area (Å²) in [6, 6.07) is 5.81. The Labute approximate surface area is 150 Å². The Morgan fingerprint density at radius 1 is 1.40 bits per heavy atom. The van der Waals surface area contributed by atoms with Crippen molar-refractivity contribution in [2.45, 2.75) is 30.7 Å². The van der Waals surface area contributed by atoms with Crippen LogP contribution in [-0.2, 0) is 9.53 Å². The number of halogens is 1. The number of nitrogen functional groups attached to an aromatic ring is 1. The molecule has 0 aliphatic rings. The van der Waals surface area contributed by atoms with E-state index in [4.69, 9.17) is 10.6 Å². The maximum Gasteiger partial charge on any atom is 0.233 e. The van der Waals surface area contributed by atoms with Crippen LogP contribution in [0.4, 0.5) is 4.39 Å². The third kappa shape index (κ3) is 5.43. The number of rotatable bonds is 9. The average Bonchev–Trinajstić information content (AvgIpc) is 2.96. The lowest BCUT2D eigenvalue weighted by molar-refractivity contribution is -0.120. The molecular weight excluding hydrogens is 345 g/mol. The largest absolute Gasteiger partial charge is 0.382 e. The van der Waals surface area contributed by atoms with E-state index in [1.54, 1.807) is 19.1 Å². The molecule has 0 spiro atoms. The van der Waals surface area contributed by atoms with Gasteiger partial charge in [0.1, 0.15) is 5.82 Å². The minimum Gasteiger partial charge on any atom is -0.382 e. The van der Waals surface area contributed by atoms with Gasteiger partial charge in [0.05, 0.1) is 5.25 Å². The number of thioether (sulfide) groups is 1. The van der Waals surface area contributed by atoms with Crippen molar-refractivity contribution >= 4 is 17.7 Å². The van der Waals surface area contributed by atoms with E-state index in [-0.39, 0.29) is 17.0 Å². The molecule has 1 unspecified atom stereocenters. The van der Waals surface area contributed by atoms with Crippen LogP contribution in [-0.4, -0.2) is 45.8 Å². The van der Waals surface area contributed by atoms with Gasteiger partial charge in [-0.15, -0.1) is 10.2 Å². The zero-order chi connectivity index (χ0) is 18.2. The van der Waals surface area contributed by atoms with Crippen LogP contribution in [0.1, 0.15) is 20.3 Å². The molecule has 0 fully saturated rings. The van der Waals surface area contributed by atoms with Gasteiger partial charge in [0.25, 0.3) is 0 Å². The zero-order valence-electron chi connectivity index (χ0n) is 14.2. The molecule has 2 aromatic rings. The Kier molecular flexibility index (Phi) is 7.20. The van der Waals surface area contributed by atoms with Gasteiger partial charge in [-0.1, -0.05) is 11.8 Å². The van der Waals surface area contributed by atoms with Gasteiger partial charge in [-0.3, -0.25) is 4.79 Å². The van der Waals surface area contributed by atoms with Gasteiger partial charge in [0, 0.05) is 25.3 Å². The van der Waals surface area contributed by atoms with Crippen LogP contribution < -0.4 is 11.2 Å². The fourth-order valence-corrected chi connectivity index (χ4v) is 2.83. The summed E-state index contributed by atoms with van der Waals surface area (Å²) in [6.07, 6.45) is 0.763.